The molecule has 0 aliphatic carbocycles. The van der Waals surface area contributed by atoms with Gasteiger partial charge >= 0.3 is 5.97 Å². The zero-order valence-electron chi connectivity index (χ0n) is 12.7. The van der Waals surface area contributed by atoms with Gasteiger partial charge in [-0.15, -0.1) is 0 Å². The average Bonchev–Trinajstić information content (AvgIpc) is 2.42. The van der Waals surface area contributed by atoms with Crippen molar-refractivity contribution in [1.82, 2.24) is 5.32 Å². The number of carbonyl (C=O) groups excluding carboxylic acids is 2. The third-order valence-corrected chi connectivity index (χ3v) is 3.74. The van der Waals surface area contributed by atoms with Crippen LogP contribution in [0, 0.1) is 6.92 Å². The highest BCUT2D eigenvalue weighted by atomic mass is 79.9. The average molecular weight is 357 g/mol. The Hall–Kier alpha value is -1.56. The van der Waals surface area contributed by atoms with E-state index in [-0.39, 0.29) is 11.9 Å². The Balaban J connectivity index is 2.80. The summed E-state index contributed by atoms with van der Waals surface area (Å²) in [5.74, 6) is -0.870. The zero-order chi connectivity index (χ0) is 16.2. The summed E-state index contributed by atoms with van der Waals surface area (Å²) >= 11 is 3.29. The number of anilines is 1. The maximum absolute atomic E-state index is 12.2. The van der Waals surface area contributed by atoms with E-state index in [1.165, 1.54) is 0 Å². The number of nitrogen functional groups attached to an aromatic ring is 1. The van der Waals surface area contributed by atoms with E-state index in [1.807, 2.05) is 13.8 Å². The van der Waals surface area contributed by atoms with Gasteiger partial charge in [-0.1, -0.05) is 22.9 Å². The molecule has 0 heterocycles. The molecule has 0 bridgehead atoms. The van der Waals surface area contributed by atoms with Crippen molar-refractivity contribution in [1.29, 1.82) is 0 Å². The number of rotatable bonds is 5. The lowest BCUT2D eigenvalue weighted by molar-refractivity contribution is -0.129. The Labute approximate surface area is 133 Å². The number of hydrogen-bond acceptors (Lipinski definition) is 4. The summed E-state index contributed by atoms with van der Waals surface area (Å²) in [7, 11) is 0. The topological polar surface area (TPSA) is 81.4 Å². The highest BCUT2D eigenvalue weighted by Crippen LogP contribution is 2.23. The van der Waals surface area contributed by atoms with E-state index < -0.39 is 12.1 Å². The van der Waals surface area contributed by atoms with Gasteiger partial charge in [0.05, 0.1) is 5.56 Å². The van der Waals surface area contributed by atoms with Crippen molar-refractivity contribution in [2.75, 3.05) is 5.73 Å². The van der Waals surface area contributed by atoms with Crippen LogP contribution in [-0.2, 0) is 9.53 Å². The number of halogens is 1. The lowest BCUT2D eigenvalue weighted by Gasteiger charge is -2.17. The first-order valence-electron chi connectivity index (χ1n) is 6.83. The van der Waals surface area contributed by atoms with Crippen molar-refractivity contribution in [3.8, 4) is 0 Å². The van der Waals surface area contributed by atoms with Crippen molar-refractivity contribution < 1.29 is 14.3 Å². The highest BCUT2D eigenvalue weighted by molar-refractivity contribution is 9.10. The molecular weight excluding hydrogens is 336 g/mol. The van der Waals surface area contributed by atoms with E-state index in [9.17, 15) is 9.59 Å². The van der Waals surface area contributed by atoms with Crippen LogP contribution in [-0.4, -0.2) is 24.0 Å². The van der Waals surface area contributed by atoms with Gasteiger partial charge < -0.3 is 15.8 Å². The SMILES string of the molecule is CCC(C)NC(=O)C(C)OC(=O)c1cc(Br)cc(N)c1C. The molecule has 1 aromatic carbocycles. The largest absolute Gasteiger partial charge is 0.449 e. The van der Waals surface area contributed by atoms with Gasteiger partial charge in [0.1, 0.15) is 0 Å². The molecular formula is C15H21BrN2O3. The van der Waals surface area contributed by atoms with Crippen molar-refractivity contribution >= 4 is 33.5 Å². The van der Waals surface area contributed by atoms with Crippen LogP contribution < -0.4 is 11.1 Å². The summed E-state index contributed by atoms with van der Waals surface area (Å²) in [6.45, 7) is 7.15. The second kappa shape index (κ2) is 7.45. The van der Waals surface area contributed by atoms with Gasteiger partial charge in [0.2, 0.25) is 0 Å². The Morgan fingerprint density at radius 1 is 1.38 bits per heavy atom. The summed E-state index contributed by atoms with van der Waals surface area (Å²) in [4.78, 5) is 24.0. The second-order valence-corrected chi connectivity index (χ2v) is 5.95. The molecule has 0 fully saturated rings. The lowest BCUT2D eigenvalue weighted by atomic mass is 10.1. The van der Waals surface area contributed by atoms with Crippen LogP contribution in [0.4, 0.5) is 5.69 Å². The molecule has 0 aliphatic heterocycles. The van der Waals surface area contributed by atoms with Crippen LogP contribution in [0.15, 0.2) is 16.6 Å². The fourth-order valence-corrected chi connectivity index (χ4v) is 2.13. The molecule has 6 heteroatoms. The normalized spacial score (nSPS) is 13.4. The standard InChI is InChI=1S/C15H21BrN2O3/c1-5-8(2)18-14(19)10(4)21-15(20)12-6-11(16)7-13(17)9(12)3/h6-8,10H,5,17H2,1-4H3,(H,18,19). The molecule has 0 aromatic heterocycles. The number of amides is 1. The summed E-state index contributed by atoms with van der Waals surface area (Å²) in [6, 6.07) is 3.39. The first-order valence-corrected chi connectivity index (χ1v) is 7.62. The molecule has 116 valence electrons. The molecule has 3 N–H and O–H groups in total. The first-order chi connectivity index (χ1) is 9.76. The lowest BCUT2D eigenvalue weighted by Crippen LogP contribution is -2.40. The molecule has 0 saturated heterocycles. The molecule has 0 saturated carbocycles. The molecule has 1 amide bonds. The fraction of sp³-hybridized carbons (Fsp3) is 0.467. The molecule has 21 heavy (non-hydrogen) atoms. The van der Waals surface area contributed by atoms with Gasteiger partial charge in [-0.05, 0) is 44.9 Å². The van der Waals surface area contributed by atoms with Gasteiger partial charge in [0.25, 0.3) is 5.91 Å². The van der Waals surface area contributed by atoms with E-state index >= 15 is 0 Å². The summed E-state index contributed by atoms with van der Waals surface area (Å²) in [5.41, 5.74) is 7.30. The molecule has 1 aromatic rings. The maximum atomic E-state index is 12.2. The van der Waals surface area contributed by atoms with Crippen molar-refractivity contribution in [2.45, 2.75) is 46.3 Å². The van der Waals surface area contributed by atoms with Gasteiger partial charge in [-0.2, -0.15) is 0 Å². The number of nitrogens with two attached hydrogens (primary N) is 1. The second-order valence-electron chi connectivity index (χ2n) is 5.03. The van der Waals surface area contributed by atoms with Crippen molar-refractivity contribution in [3.05, 3.63) is 27.7 Å². The maximum Gasteiger partial charge on any atom is 0.339 e. The predicted molar refractivity (Wildman–Crippen MR) is 86.1 cm³/mol. The molecule has 2 unspecified atom stereocenters. The van der Waals surface area contributed by atoms with Gasteiger partial charge in [-0.25, -0.2) is 4.79 Å². The van der Waals surface area contributed by atoms with E-state index in [0.29, 0.717) is 21.3 Å². The third-order valence-electron chi connectivity index (χ3n) is 3.29. The van der Waals surface area contributed by atoms with Crippen LogP contribution in [0.2, 0.25) is 0 Å². The van der Waals surface area contributed by atoms with E-state index in [0.717, 1.165) is 6.42 Å². The Morgan fingerprint density at radius 3 is 2.57 bits per heavy atom. The van der Waals surface area contributed by atoms with E-state index in [2.05, 4.69) is 21.2 Å². The fourth-order valence-electron chi connectivity index (χ4n) is 1.65. The minimum atomic E-state index is -0.855. The number of benzene rings is 1. The Bertz CT molecular complexity index is 546. The monoisotopic (exact) mass is 356 g/mol. The van der Waals surface area contributed by atoms with Crippen LogP contribution >= 0.6 is 15.9 Å². The smallest absolute Gasteiger partial charge is 0.339 e. The van der Waals surface area contributed by atoms with Gasteiger partial charge in [0, 0.05) is 16.2 Å². The molecule has 1 rings (SSSR count). The first kappa shape index (κ1) is 17.5. The minimum absolute atomic E-state index is 0.0434. The molecule has 5 nitrogen and oxygen atoms in total. The highest BCUT2D eigenvalue weighted by Gasteiger charge is 2.21. The molecule has 0 spiro atoms. The van der Waals surface area contributed by atoms with Gasteiger partial charge in [-0.3, -0.25) is 4.79 Å². The van der Waals surface area contributed by atoms with Crippen molar-refractivity contribution in [3.63, 3.8) is 0 Å². The molecule has 0 aliphatic rings. The number of carbonyl (C=O) groups is 2. The Kier molecular flexibility index (Phi) is 6.20. The molecule has 2 atom stereocenters. The van der Waals surface area contributed by atoms with Crippen LogP contribution in [0.5, 0.6) is 0 Å². The van der Waals surface area contributed by atoms with E-state index in [4.69, 9.17) is 10.5 Å². The predicted octanol–water partition coefficient (Wildman–Crippen LogP) is 2.80. The molecule has 0 radical (unpaired) electrons. The van der Waals surface area contributed by atoms with Crippen LogP contribution in [0.1, 0.15) is 43.1 Å². The van der Waals surface area contributed by atoms with Gasteiger partial charge in [0.15, 0.2) is 6.10 Å². The number of hydrogen-bond donors (Lipinski definition) is 2. The Morgan fingerprint density at radius 2 is 2.00 bits per heavy atom. The van der Waals surface area contributed by atoms with Crippen LogP contribution in [0.3, 0.4) is 0 Å². The van der Waals surface area contributed by atoms with Crippen LogP contribution in [0.25, 0.3) is 0 Å². The zero-order valence-corrected chi connectivity index (χ0v) is 14.3. The minimum Gasteiger partial charge on any atom is -0.449 e. The van der Waals surface area contributed by atoms with Crippen molar-refractivity contribution in [2.24, 2.45) is 0 Å². The number of nitrogens with one attached hydrogen (secondary N) is 1. The number of ether oxygens (including phenoxy) is 1. The van der Waals surface area contributed by atoms with E-state index in [1.54, 1.807) is 26.0 Å². The quantitative estimate of drug-likeness (QED) is 0.627. The number of esters is 1. The summed E-state index contributed by atoms with van der Waals surface area (Å²) in [6.07, 6.45) is -0.0423. The summed E-state index contributed by atoms with van der Waals surface area (Å²) in [5, 5.41) is 2.77. The third kappa shape index (κ3) is 4.74. The summed E-state index contributed by atoms with van der Waals surface area (Å²) < 4.78 is 5.90.